The van der Waals surface area contributed by atoms with E-state index in [1.54, 1.807) is 11.4 Å². The molecule has 0 aliphatic rings. The molecular formula is C15H12F2NNaO2S. The van der Waals surface area contributed by atoms with Gasteiger partial charge in [0.1, 0.15) is 11.6 Å². The fourth-order valence-corrected chi connectivity index (χ4v) is 2.51. The molecule has 0 bridgehead atoms. The molecule has 0 saturated heterocycles. The third-order valence-corrected chi connectivity index (χ3v) is 3.62. The van der Waals surface area contributed by atoms with Crippen molar-refractivity contribution in [3.05, 3.63) is 63.9 Å². The molecule has 0 aliphatic carbocycles. The average molecular weight is 331 g/mol. The summed E-state index contributed by atoms with van der Waals surface area (Å²) < 4.78 is 26.9. The number of hydrogen-bond acceptors (Lipinski definition) is 4. The number of carboxylic acid groups (broad SMARTS) is 1. The molecule has 2 N–H and O–H groups in total. The number of carbonyl (C=O) groups excluding carboxylic acids is 1. The predicted octanol–water partition coefficient (Wildman–Crippen LogP) is -1.07. The summed E-state index contributed by atoms with van der Waals surface area (Å²) in [6.07, 6.45) is 1.52. The summed E-state index contributed by atoms with van der Waals surface area (Å²) in [6, 6.07) is 3.84. The van der Waals surface area contributed by atoms with Gasteiger partial charge in [-0.1, -0.05) is 6.08 Å². The van der Waals surface area contributed by atoms with Gasteiger partial charge in [0.15, 0.2) is 0 Å². The van der Waals surface area contributed by atoms with Gasteiger partial charge in [0.2, 0.25) is 0 Å². The molecule has 0 fully saturated rings. The molecule has 110 valence electrons. The molecule has 1 unspecified atom stereocenters. The zero-order chi connectivity index (χ0) is 15.4. The van der Waals surface area contributed by atoms with E-state index in [2.05, 4.69) is 0 Å². The Kier molecular flexibility index (Phi) is 7.38. The number of carboxylic acids is 1. The van der Waals surface area contributed by atoms with Crippen molar-refractivity contribution in [3.63, 3.8) is 0 Å². The van der Waals surface area contributed by atoms with Crippen LogP contribution in [-0.4, -0.2) is 12.0 Å². The smallest absolute Gasteiger partial charge is 0.548 e. The van der Waals surface area contributed by atoms with Gasteiger partial charge in [-0.15, -0.1) is 0 Å². The summed E-state index contributed by atoms with van der Waals surface area (Å²) >= 11 is 1.41. The zero-order valence-corrected chi connectivity index (χ0v) is 14.7. The van der Waals surface area contributed by atoms with Gasteiger partial charge >= 0.3 is 29.6 Å². The van der Waals surface area contributed by atoms with Crippen molar-refractivity contribution in [1.82, 2.24) is 0 Å². The maximum Gasteiger partial charge on any atom is 1.00 e. The SMILES string of the molecule is NC(C/C=C(\c1ccsc1)c1ccc(F)cc1F)C(=O)[O-].[Na+]. The van der Waals surface area contributed by atoms with Gasteiger partial charge in [0.25, 0.3) is 0 Å². The van der Waals surface area contributed by atoms with Crippen LogP contribution in [0.3, 0.4) is 0 Å². The summed E-state index contributed by atoms with van der Waals surface area (Å²) in [6.45, 7) is 0. The molecule has 22 heavy (non-hydrogen) atoms. The first-order valence-corrected chi connectivity index (χ1v) is 7.08. The Hall–Kier alpha value is -1.05. The molecule has 0 radical (unpaired) electrons. The molecule has 0 saturated carbocycles. The molecule has 0 spiro atoms. The van der Waals surface area contributed by atoms with Gasteiger partial charge in [-0.3, -0.25) is 0 Å². The average Bonchev–Trinajstić information content (AvgIpc) is 2.94. The van der Waals surface area contributed by atoms with Gasteiger partial charge in [-0.05, 0) is 46.5 Å². The number of halogens is 2. The molecule has 2 aromatic rings. The zero-order valence-electron chi connectivity index (χ0n) is 11.9. The second kappa shape index (κ2) is 8.55. The van der Waals surface area contributed by atoms with Crippen LogP contribution in [0.4, 0.5) is 8.78 Å². The van der Waals surface area contributed by atoms with Crippen LogP contribution < -0.4 is 40.4 Å². The molecule has 1 aromatic heterocycles. The van der Waals surface area contributed by atoms with Crippen LogP contribution in [-0.2, 0) is 4.79 Å². The number of hydrogen-bond donors (Lipinski definition) is 1. The number of thiophene rings is 1. The van der Waals surface area contributed by atoms with Gasteiger partial charge in [0, 0.05) is 17.7 Å². The summed E-state index contributed by atoms with van der Waals surface area (Å²) in [7, 11) is 0. The van der Waals surface area contributed by atoms with Crippen LogP contribution in [0.25, 0.3) is 5.57 Å². The molecule has 2 rings (SSSR count). The maximum atomic E-state index is 13.9. The summed E-state index contributed by atoms with van der Waals surface area (Å²) in [4.78, 5) is 10.7. The van der Waals surface area contributed by atoms with E-state index in [4.69, 9.17) is 5.73 Å². The third-order valence-electron chi connectivity index (χ3n) is 2.93. The van der Waals surface area contributed by atoms with E-state index in [0.29, 0.717) is 5.57 Å². The minimum absolute atomic E-state index is 0. The Labute approximate surface area is 152 Å². The van der Waals surface area contributed by atoms with Crippen LogP contribution in [0.1, 0.15) is 17.5 Å². The topological polar surface area (TPSA) is 66.2 Å². The molecular weight excluding hydrogens is 319 g/mol. The first kappa shape index (κ1) is 19.0. The molecule has 1 heterocycles. The van der Waals surface area contributed by atoms with Crippen molar-refractivity contribution in [2.45, 2.75) is 12.5 Å². The molecule has 1 atom stereocenters. The largest absolute Gasteiger partial charge is 1.00 e. The second-order valence-corrected chi connectivity index (χ2v) is 5.20. The van der Waals surface area contributed by atoms with E-state index >= 15 is 0 Å². The van der Waals surface area contributed by atoms with Crippen molar-refractivity contribution in [1.29, 1.82) is 0 Å². The van der Waals surface area contributed by atoms with Crippen LogP contribution in [0.5, 0.6) is 0 Å². The van der Waals surface area contributed by atoms with Crippen molar-refractivity contribution < 1.29 is 48.2 Å². The molecule has 3 nitrogen and oxygen atoms in total. The van der Waals surface area contributed by atoms with Crippen molar-refractivity contribution >= 4 is 22.9 Å². The van der Waals surface area contributed by atoms with Crippen LogP contribution in [0.2, 0.25) is 0 Å². The summed E-state index contributed by atoms with van der Waals surface area (Å²) in [5, 5.41) is 14.3. The predicted molar refractivity (Wildman–Crippen MR) is 75.4 cm³/mol. The van der Waals surface area contributed by atoms with E-state index in [1.165, 1.54) is 23.5 Å². The quantitative estimate of drug-likeness (QED) is 0.710. The van der Waals surface area contributed by atoms with E-state index in [-0.39, 0.29) is 41.5 Å². The van der Waals surface area contributed by atoms with Crippen LogP contribution in [0.15, 0.2) is 41.1 Å². The Balaban J connectivity index is 0.00000242. The first-order valence-electron chi connectivity index (χ1n) is 6.13. The third kappa shape index (κ3) is 4.72. The van der Waals surface area contributed by atoms with E-state index in [9.17, 15) is 18.7 Å². The molecule has 1 aromatic carbocycles. The van der Waals surface area contributed by atoms with Crippen molar-refractivity contribution in [2.75, 3.05) is 0 Å². The normalized spacial score (nSPS) is 12.6. The van der Waals surface area contributed by atoms with Gasteiger partial charge in [-0.2, -0.15) is 11.3 Å². The number of aliphatic carboxylic acids is 1. The fraction of sp³-hybridized carbons (Fsp3) is 0.133. The van der Waals surface area contributed by atoms with Crippen molar-refractivity contribution in [3.8, 4) is 0 Å². The molecule has 0 amide bonds. The number of rotatable bonds is 5. The standard InChI is InChI=1S/C15H13F2NO2S.Na/c16-10-1-2-12(13(17)7-10)11(9-5-6-21-8-9)3-4-14(18)15(19)20;/h1-3,5-8,14H,4,18H2,(H,19,20);/q;+1/p-1/b11-3+;. The van der Waals surface area contributed by atoms with E-state index in [1.807, 2.05) is 5.38 Å². The number of benzene rings is 1. The van der Waals surface area contributed by atoms with Gasteiger partial charge in [-0.25, -0.2) is 8.78 Å². The molecule has 0 aliphatic heterocycles. The number of carbonyl (C=O) groups is 1. The Bertz CT molecular complexity index is 674. The van der Waals surface area contributed by atoms with E-state index < -0.39 is 23.6 Å². The minimum atomic E-state index is -1.38. The van der Waals surface area contributed by atoms with E-state index in [0.717, 1.165) is 17.7 Å². The number of nitrogens with two attached hydrogens (primary N) is 1. The van der Waals surface area contributed by atoms with Crippen molar-refractivity contribution in [2.24, 2.45) is 5.73 Å². The Morgan fingerprint density at radius 3 is 2.64 bits per heavy atom. The monoisotopic (exact) mass is 331 g/mol. The first-order chi connectivity index (χ1) is 9.99. The van der Waals surface area contributed by atoms with Gasteiger partial charge < -0.3 is 15.6 Å². The minimum Gasteiger partial charge on any atom is -0.548 e. The second-order valence-electron chi connectivity index (χ2n) is 4.42. The maximum absolute atomic E-state index is 13.9. The summed E-state index contributed by atoms with van der Waals surface area (Å²) in [5.41, 5.74) is 6.79. The Morgan fingerprint density at radius 2 is 2.09 bits per heavy atom. The fourth-order valence-electron chi connectivity index (χ4n) is 1.85. The Morgan fingerprint density at radius 1 is 1.36 bits per heavy atom. The van der Waals surface area contributed by atoms with Gasteiger partial charge in [0.05, 0.1) is 5.97 Å². The summed E-state index contributed by atoms with van der Waals surface area (Å²) in [5.74, 6) is -2.77. The van der Waals surface area contributed by atoms with Crippen LogP contribution in [0, 0.1) is 11.6 Å². The molecule has 7 heteroatoms. The van der Waals surface area contributed by atoms with Crippen LogP contribution >= 0.6 is 11.3 Å².